The predicted octanol–water partition coefficient (Wildman–Crippen LogP) is 6.46. The van der Waals surface area contributed by atoms with Crippen LogP contribution in [-0.4, -0.2) is 23.0 Å². The summed E-state index contributed by atoms with van der Waals surface area (Å²) in [4.78, 5) is 23.2. The first-order valence-electron chi connectivity index (χ1n) is 11.5. The van der Waals surface area contributed by atoms with Crippen LogP contribution < -0.4 is 4.74 Å². The Kier molecular flexibility index (Phi) is 6.63. The van der Waals surface area contributed by atoms with Gasteiger partial charge in [-0.2, -0.15) is 0 Å². The largest absolute Gasteiger partial charge is 0.482 e. The number of rotatable bonds is 8. The second-order valence-electron chi connectivity index (χ2n) is 8.78. The van der Waals surface area contributed by atoms with Crippen molar-refractivity contribution in [2.75, 3.05) is 0 Å². The number of ketones is 1. The molecule has 1 heterocycles. The van der Waals surface area contributed by atoms with Crippen LogP contribution in [0.15, 0.2) is 46.9 Å². The fourth-order valence-electron chi connectivity index (χ4n) is 4.59. The number of fused-ring (bicyclic) bond motifs is 1. The van der Waals surface area contributed by atoms with Gasteiger partial charge in [0, 0.05) is 11.8 Å². The molecule has 4 rings (SSSR count). The molecule has 2 aromatic carbocycles. The fraction of sp³-hybridized carbons (Fsp3) is 0.407. The van der Waals surface area contributed by atoms with E-state index in [1.807, 2.05) is 31.2 Å². The smallest absolute Gasteiger partial charge is 0.371 e. The zero-order valence-electron chi connectivity index (χ0n) is 18.7. The van der Waals surface area contributed by atoms with Gasteiger partial charge in [-0.15, -0.1) is 0 Å². The van der Waals surface area contributed by atoms with Crippen molar-refractivity contribution in [1.29, 1.82) is 0 Å². The molecule has 0 saturated heterocycles. The number of ether oxygens (including phenoxy) is 1. The van der Waals surface area contributed by atoms with E-state index in [0.717, 1.165) is 55.2 Å². The molecule has 0 aliphatic heterocycles. The Morgan fingerprint density at radius 3 is 2.75 bits per heavy atom. The zero-order chi connectivity index (χ0) is 22.7. The Balaban J connectivity index is 1.43. The number of Topliss-reactive ketones (excluding diaryl/α,β-unsaturated/α-hetero) is 1. The summed E-state index contributed by atoms with van der Waals surface area (Å²) in [7, 11) is 0. The molecule has 1 saturated carbocycles. The summed E-state index contributed by atoms with van der Waals surface area (Å²) in [6.07, 6.45) is 6.08. The molecular weight excluding hydrogens is 404 g/mol. The van der Waals surface area contributed by atoms with Crippen LogP contribution in [0.3, 0.4) is 0 Å². The SMILES string of the molecule is CCC(CCc1ccc2oc(C(=O)O)cc2c1)c1ccc(OC2CCCCC2=O)c(C)c1. The summed E-state index contributed by atoms with van der Waals surface area (Å²) in [5, 5.41) is 9.94. The predicted molar refractivity (Wildman–Crippen MR) is 124 cm³/mol. The molecule has 32 heavy (non-hydrogen) atoms. The van der Waals surface area contributed by atoms with E-state index in [4.69, 9.17) is 14.3 Å². The summed E-state index contributed by atoms with van der Waals surface area (Å²) < 4.78 is 11.4. The first kappa shape index (κ1) is 22.1. The Morgan fingerprint density at radius 1 is 1.19 bits per heavy atom. The molecule has 5 nitrogen and oxygen atoms in total. The minimum absolute atomic E-state index is 0.0312. The molecule has 1 aliphatic rings. The number of hydrogen-bond acceptors (Lipinski definition) is 4. The molecule has 5 heteroatoms. The molecular formula is C27H30O5. The number of hydrogen-bond donors (Lipinski definition) is 1. The highest BCUT2D eigenvalue weighted by Gasteiger charge is 2.24. The molecule has 1 fully saturated rings. The summed E-state index contributed by atoms with van der Waals surface area (Å²) in [5.41, 5.74) is 4.12. The van der Waals surface area contributed by atoms with Gasteiger partial charge in [-0.1, -0.05) is 25.1 Å². The standard InChI is InChI=1S/C27H30O5/c1-3-19(10-8-18-9-12-24-21(15-18)16-26(32-24)27(29)30)20-11-13-23(17(2)14-20)31-25-7-5-4-6-22(25)28/h9,11-16,19,25H,3-8,10H2,1-2H3,(H,29,30). The van der Waals surface area contributed by atoms with Crippen molar-refractivity contribution in [2.24, 2.45) is 0 Å². The quantitative estimate of drug-likeness (QED) is 0.440. The first-order chi connectivity index (χ1) is 15.4. The van der Waals surface area contributed by atoms with Gasteiger partial charge in [0.25, 0.3) is 0 Å². The maximum atomic E-state index is 12.1. The van der Waals surface area contributed by atoms with E-state index in [9.17, 15) is 9.59 Å². The van der Waals surface area contributed by atoms with Crippen molar-refractivity contribution >= 4 is 22.7 Å². The number of carboxylic acids is 1. The van der Waals surface area contributed by atoms with Crippen molar-refractivity contribution < 1.29 is 23.8 Å². The molecule has 168 valence electrons. The van der Waals surface area contributed by atoms with Crippen molar-refractivity contribution in [3.8, 4) is 5.75 Å². The molecule has 0 radical (unpaired) electrons. The van der Waals surface area contributed by atoms with E-state index in [1.165, 1.54) is 11.1 Å². The monoisotopic (exact) mass is 434 g/mol. The Bertz CT molecular complexity index is 1130. The second kappa shape index (κ2) is 9.60. The molecule has 2 unspecified atom stereocenters. The highest BCUT2D eigenvalue weighted by atomic mass is 16.5. The van der Waals surface area contributed by atoms with E-state index >= 15 is 0 Å². The third-order valence-electron chi connectivity index (χ3n) is 6.50. The fourth-order valence-corrected chi connectivity index (χ4v) is 4.59. The molecule has 0 bridgehead atoms. The van der Waals surface area contributed by atoms with Gasteiger partial charge in [-0.3, -0.25) is 4.79 Å². The van der Waals surface area contributed by atoms with E-state index < -0.39 is 5.97 Å². The van der Waals surface area contributed by atoms with Gasteiger partial charge >= 0.3 is 5.97 Å². The van der Waals surface area contributed by atoms with Crippen molar-refractivity contribution in [2.45, 2.75) is 70.8 Å². The van der Waals surface area contributed by atoms with Crippen LogP contribution in [0, 0.1) is 6.92 Å². The van der Waals surface area contributed by atoms with Crippen molar-refractivity contribution in [3.63, 3.8) is 0 Å². The van der Waals surface area contributed by atoms with Gasteiger partial charge in [-0.05, 0) is 92.3 Å². The number of benzene rings is 2. The lowest BCUT2D eigenvalue weighted by Gasteiger charge is -2.23. The maximum absolute atomic E-state index is 12.1. The van der Waals surface area contributed by atoms with Crippen LogP contribution in [0.1, 0.15) is 78.6 Å². The first-order valence-corrected chi connectivity index (χ1v) is 11.5. The van der Waals surface area contributed by atoms with Gasteiger partial charge in [0.05, 0.1) is 0 Å². The molecule has 0 amide bonds. The van der Waals surface area contributed by atoms with Crippen LogP contribution in [0.5, 0.6) is 5.75 Å². The van der Waals surface area contributed by atoms with Gasteiger partial charge in [-0.25, -0.2) is 4.79 Å². The summed E-state index contributed by atoms with van der Waals surface area (Å²) in [6.45, 7) is 4.25. The van der Waals surface area contributed by atoms with E-state index in [1.54, 1.807) is 6.07 Å². The van der Waals surface area contributed by atoms with Gasteiger partial charge in [0.1, 0.15) is 11.3 Å². The van der Waals surface area contributed by atoms with E-state index in [-0.39, 0.29) is 17.6 Å². The highest BCUT2D eigenvalue weighted by molar-refractivity contribution is 5.91. The van der Waals surface area contributed by atoms with Gasteiger partial charge in [0.2, 0.25) is 5.76 Å². The molecule has 1 N–H and O–H groups in total. The van der Waals surface area contributed by atoms with Crippen LogP contribution in [0.25, 0.3) is 11.0 Å². The highest BCUT2D eigenvalue weighted by Crippen LogP contribution is 2.31. The zero-order valence-corrected chi connectivity index (χ0v) is 18.7. The van der Waals surface area contributed by atoms with Crippen LogP contribution >= 0.6 is 0 Å². The lowest BCUT2D eigenvalue weighted by molar-refractivity contribution is -0.127. The number of aryl methyl sites for hydroxylation is 2. The number of furan rings is 1. The average molecular weight is 435 g/mol. The normalized spacial score (nSPS) is 17.4. The maximum Gasteiger partial charge on any atom is 0.371 e. The number of carbonyl (C=O) groups is 2. The second-order valence-corrected chi connectivity index (χ2v) is 8.78. The molecule has 0 spiro atoms. The molecule has 1 aromatic heterocycles. The average Bonchev–Trinajstić information content (AvgIpc) is 3.21. The van der Waals surface area contributed by atoms with Gasteiger partial charge < -0.3 is 14.3 Å². The summed E-state index contributed by atoms with van der Waals surface area (Å²) in [6, 6.07) is 13.8. The molecule has 3 aromatic rings. The van der Waals surface area contributed by atoms with Crippen LogP contribution in [-0.2, 0) is 11.2 Å². The number of aromatic carboxylic acids is 1. The van der Waals surface area contributed by atoms with Crippen LogP contribution in [0.4, 0.5) is 0 Å². The number of carboxylic acid groups (broad SMARTS) is 1. The Morgan fingerprint density at radius 2 is 2.03 bits per heavy atom. The topological polar surface area (TPSA) is 76.7 Å². The minimum atomic E-state index is -1.05. The Hall–Kier alpha value is -3.08. The van der Waals surface area contributed by atoms with E-state index in [0.29, 0.717) is 17.9 Å². The Labute approximate surface area is 188 Å². The minimum Gasteiger partial charge on any atom is -0.482 e. The molecule has 1 aliphatic carbocycles. The van der Waals surface area contributed by atoms with Crippen molar-refractivity contribution in [3.05, 3.63) is 64.9 Å². The lowest BCUT2D eigenvalue weighted by Crippen LogP contribution is -2.30. The third kappa shape index (κ3) is 4.87. The summed E-state index contributed by atoms with van der Waals surface area (Å²) >= 11 is 0. The van der Waals surface area contributed by atoms with Gasteiger partial charge in [0.15, 0.2) is 11.9 Å². The van der Waals surface area contributed by atoms with E-state index in [2.05, 4.69) is 19.1 Å². The molecule has 2 atom stereocenters. The third-order valence-corrected chi connectivity index (χ3v) is 6.50. The lowest BCUT2D eigenvalue weighted by atomic mass is 9.89. The van der Waals surface area contributed by atoms with Crippen LogP contribution in [0.2, 0.25) is 0 Å². The number of carbonyl (C=O) groups excluding carboxylic acids is 1. The summed E-state index contributed by atoms with van der Waals surface area (Å²) in [5.74, 6) is 0.356. The van der Waals surface area contributed by atoms with Crippen molar-refractivity contribution in [1.82, 2.24) is 0 Å².